The first kappa shape index (κ1) is 19.0. The summed E-state index contributed by atoms with van der Waals surface area (Å²) in [6.07, 6.45) is 0.954. The summed E-state index contributed by atoms with van der Waals surface area (Å²) in [5.74, 6) is -0.0276. The number of fused-ring (bicyclic) bond motifs is 1. The maximum Gasteiger partial charge on any atom is 0.265 e. The maximum absolute atomic E-state index is 13.0. The van der Waals surface area contributed by atoms with Gasteiger partial charge in [0, 0.05) is 41.8 Å². The van der Waals surface area contributed by atoms with Gasteiger partial charge in [0.15, 0.2) is 0 Å². The first-order valence-corrected chi connectivity index (χ1v) is 10.6. The molecule has 0 spiro atoms. The van der Waals surface area contributed by atoms with Crippen LogP contribution in [0.15, 0.2) is 48.5 Å². The molecule has 1 aliphatic heterocycles. The predicted molar refractivity (Wildman–Crippen MR) is 114 cm³/mol. The van der Waals surface area contributed by atoms with Crippen LogP contribution in [-0.4, -0.2) is 47.8 Å². The second-order valence-corrected chi connectivity index (χ2v) is 8.31. The molecule has 0 bridgehead atoms. The fraction of sp³-hybridized carbons (Fsp3) is 0.273. The van der Waals surface area contributed by atoms with E-state index in [0.717, 1.165) is 16.5 Å². The number of piperazine rings is 1. The number of hydrogen-bond donors (Lipinski definition) is 0. The number of nitrogens with zero attached hydrogens (tertiary/aromatic N) is 2. The number of rotatable bonds is 3. The zero-order valence-electron chi connectivity index (χ0n) is 15.7. The molecule has 0 radical (unpaired) electrons. The first-order valence-electron chi connectivity index (χ1n) is 9.43. The molecular formula is C22H21ClN2O2S. The molecule has 2 amide bonds. The van der Waals surface area contributed by atoms with Gasteiger partial charge < -0.3 is 9.80 Å². The van der Waals surface area contributed by atoms with Crippen molar-refractivity contribution in [2.45, 2.75) is 13.3 Å². The van der Waals surface area contributed by atoms with E-state index >= 15 is 0 Å². The predicted octanol–water partition coefficient (Wildman–Crippen LogP) is 4.72. The van der Waals surface area contributed by atoms with Crippen molar-refractivity contribution >= 4 is 44.8 Å². The topological polar surface area (TPSA) is 40.6 Å². The van der Waals surface area contributed by atoms with Crippen molar-refractivity contribution in [2.24, 2.45) is 0 Å². The van der Waals surface area contributed by atoms with Crippen LogP contribution in [-0.2, 0) is 6.42 Å². The molecule has 4 nitrogen and oxygen atoms in total. The average molecular weight is 413 g/mol. The highest BCUT2D eigenvalue weighted by Gasteiger charge is 2.28. The third-order valence-electron chi connectivity index (χ3n) is 5.19. The lowest BCUT2D eigenvalue weighted by atomic mass is 10.1. The van der Waals surface area contributed by atoms with Crippen LogP contribution in [0.3, 0.4) is 0 Å². The van der Waals surface area contributed by atoms with Gasteiger partial charge in [-0.1, -0.05) is 48.9 Å². The third kappa shape index (κ3) is 3.52. The minimum Gasteiger partial charge on any atom is -0.335 e. The quantitative estimate of drug-likeness (QED) is 0.624. The van der Waals surface area contributed by atoms with Crippen molar-refractivity contribution < 1.29 is 9.59 Å². The number of carbonyl (C=O) groups excluding carboxylic acids is 2. The molecule has 0 aliphatic carbocycles. The molecule has 2 heterocycles. The van der Waals surface area contributed by atoms with E-state index in [1.165, 1.54) is 16.9 Å². The van der Waals surface area contributed by atoms with Gasteiger partial charge in [0.1, 0.15) is 4.88 Å². The van der Waals surface area contributed by atoms with Gasteiger partial charge >= 0.3 is 0 Å². The van der Waals surface area contributed by atoms with E-state index in [4.69, 9.17) is 11.6 Å². The van der Waals surface area contributed by atoms with Crippen molar-refractivity contribution in [3.05, 3.63) is 69.6 Å². The molecule has 1 fully saturated rings. The average Bonchev–Trinajstić information content (AvgIpc) is 3.09. The lowest BCUT2D eigenvalue weighted by Crippen LogP contribution is -2.50. The lowest BCUT2D eigenvalue weighted by molar-refractivity contribution is 0.0538. The third-order valence-corrected chi connectivity index (χ3v) is 6.86. The molecule has 4 rings (SSSR count). The van der Waals surface area contributed by atoms with Gasteiger partial charge in [-0.25, -0.2) is 0 Å². The molecular weight excluding hydrogens is 392 g/mol. The highest BCUT2D eigenvalue weighted by molar-refractivity contribution is 7.21. The molecule has 0 saturated carbocycles. The Morgan fingerprint density at radius 3 is 2.14 bits per heavy atom. The van der Waals surface area contributed by atoms with Crippen LogP contribution in [0.2, 0.25) is 5.02 Å². The van der Waals surface area contributed by atoms with Crippen LogP contribution in [0.25, 0.3) is 10.1 Å². The summed E-state index contributed by atoms with van der Waals surface area (Å²) in [5, 5.41) is 1.45. The van der Waals surface area contributed by atoms with E-state index in [1.54, 1.807) is 4.90 Å². The Labute approximate surface area is 173 Å². The van der Waals surface area contributed by atoms with Crippen LogP contribution >= 0.6 is 22.9 Å². The molecule has 3 aromatic rings. The number of carbonyl (C=O) groups is 2. The van der Waals surface area contributed by atoms with Crippen LogP contribution in [0.4, 0.5) is 0 Å². The van der Waals surface area contributed by atoms with E-state index in [9.17, 15) is 9.59 Å². The van der Waals surface area contributed by atoms with Crippen molar-refractivity contribution in [1.29, 1.82) is 0 Å². The molecule has 6 heteroatoms. The molecule has 0 unspecified atom stereocenters. The standard InChI is InChI=1S/C22H21ClN2O2S/c1-2-15-7-9-16(10-8-15)21(26)24-11-13-25(14-12-24)22(27)20-19(23)17-5-3-4-6-18(17)28-20/h3-10H,2,11-14H2,1H3. The number of benzene rings is 2. The van der Waals surface area contributed by atoms with Crippen LogP contribution in [0, 0.1) is 0 Å². The summed E-state index contributed by atoms with van der Waals surface area (Å²) in [7, 11) is 0. The Balaban J connectivity index is 1.43. The molecule has 1 aromatic heterocycles. The van der Waals surface area contributed by atoms with Gasteiger partial charge in [0.25, 0.3) is 11.8 Å². The number of thiophene rings is 1. The van der Waals surface area contributed by atoms with E-state index in [0.29, 0.717) is 41.6 Å². The van der Waals surface area contributed by atoms with Crippen molar-refractivity contribution in [3.63, 3.8) is 0 Å². The summed E-state index contributed by atoms with van der Waals surface area (Å²) in [5.41, 5.74) is 1.91. The van der Waals surface area contributed by atoms with Crippen molar-refractivity contribution in [1.82, 2.24) is 9.80 Å². The smallest absolute Gasteiger partial charge is 0.265 e. The highest BCUT2D eigenvalue weighted by Crippen LogP contribution is 2.36. The van der Waals surface area contributed by atoms with Gasteiger partial charge in [-0.05, 0) is 30.2 Å². The maximum atomic E-state index is 13.0. The number of amides is 2. The van der Waals surface area contributed by atoms with Crippen LogP contribution in [0.5, 0.6) is 0 Å². The Kier molecular flexibility index (Phi) is 5.38. The monoisotopic (exact) mass is 412 g/mol. The van der Waals surface area contributed by atoms with Gasteiger partial charge in [0.2, 0.25) is 0 Å². The molecule has 0 atom stereocenters. The first-order chi connectivity index (χ1) is 13.6. The number of aryl methyl sites for hydroxylation is 1. The largest absolute Gasteiger partial charge is 0.335 e. The van der Waals surface area contributed by atoms with Crippen molar-refractivity contribution in [3.8, 4) is 0 Å². The Morgan fingerprint density at radius 2 is 1.54 bits per heavy atom. The minimum atomic E-state index is -0.0504. The van der Waals surface area contributed by atoms with Gasteiger partial charge in [-0.3, -0.25) is 9.59 Å². The second kappa shape index (κ2) is 7.94. The zero-order chi connectivity index (χ0) is 19.7. The molecule has 144 valence electrons. The van der Waals surface area contributed by atoms with Crippen LogP contribution < -0.4 is 0 Å². The molecule has 1 aliphatic rings. The van der Waals surface area contributed by atoms with Crippen molar-refractivity contribution in [2.75, 3.05) is 26.2 Å². The van der Waals surface area contributed by atoms with Gasteiger partial charge in [-0.15, -0.1) is 11.3 Å². The normalized spacial score (nSPS) is 14.5. The Hall–Kier alpha value is -2.37. The van der Waals surface area contributed by atoms with E-state index in [1.807, 2.05) is 53.4 Å². The summed E-state index contributed by atoms with van der Waals surface area (Å²) in [6.45, 7) is 4.19. The van der Waals surface area contributed by atoms with Gasteiger partial charge in [0.05, 0.1) is 5.02 Å². The molecule has 1 saturated heterocycles. The number of hydrogen-bond acceptors (Lipinski definition) is 3. The van der Waals surface area contributed by atoms with E-state index in [2.05, 4.69) is 6.92 Å². The van der Waals surface area contributed by atoms with Gasteiger partial charge in [-0.2, -0.15) is 0 Å². The molecule has 2 aromatic carbocycles. The Bertz CT molecular complexity index is 1020. The summed E-state index contributed by atoms with van der Waals surface area (Å²) >= 11 is 7.88. The minimum absolute atomic E-state index is 0.0228. The van der Waals surface area contributed by atoms with E-state index < -0.39 is 0 Å². The van der Waals surface area contributed by atoms with Crippen LogP contribution in [0.1, 0.15) is 32.5 Å². The zero-order valence-corrected chi connectivity index (χ0v) is 17.2. The molecule has 28 heavy (non-hydrogen) atoms. The molecule has 0 N–H and O–H groups in total. The Morgan fingerprint density at radius 1 is 0.929 bits per heavy atom. The summed E-state index contributed by atoms with van der Waals surface area (Å²) < 4.78 is 1.01. The summed E-state index contributed by atoms with van der Waals surface area (Å²) in [6, 6.07) is 15.5. The SMILES string of the molecule is CCc1ccc(C(=O)N2CCN(C(=O)c3sc4ccccc4c3Cl)CC2)cc1. The lowest BCUT2D eigenvalue weighted by Gasteiger charge is -2.34. The number of halogens is 1. The fourth-order valence-electron chi connectivity index (χ4n) is 3.47. The van der Waals surface area contributed by atoms with E-state index in [-0.39, 0.29) is 11.8 Å². The highest BCUT2D eigenvalue weighted by atomic mass is 35.5. The summed E-state index contributed by atoms with van der Waals surface area (Å²) in [4.78, 5) is 29.9. The second-order valence-electron chi connectivity index (χ2n) is 6.88. The fourth-order valence-corrected chi connectivity index (χ4v) is 4.95.